The third-order valence-electron chi connectivity index (χ3n) is 7.94. The lowest BCUT2D eigenvalue weighted by Gasteiger charge is -2.27. The van der Waals surface area contributed by atoms with Crippen LogP contribution in [0.25, 0.3) is 11.1 Å². The molecule has 218 valence electrons. The van der Waals surface area contributed by atoms with E-state index in [-0.39, 0.29) is 11.5 Å². The molecule has 0 aliphatic carbocycles. The second kappa shape index (κ2) is 12.0. The summed E-state index contributed by atoms with van der Waals surface area (Å²) < 4.78 is 0. The van der Waals surface area contributed by atoms with E-state index in [1.165, 1.54) is 22.3 Å². The zero-order valence-corrected chi connectivity index (χ0v) is 25.5. The van der Waals surface area contributed by atoms with E-state index < -0.39 is 0 Å². The first-order valence-electron chi connectivity index (χ1n) is 14.8. The Bertz CT molecular complexity index is 1660. The molecule has 0 spiro atoms. The first kappa shape index (κ1) is 28.6. The Labute approximate surface area is 259 Å². The van der Waals surface area contributed by atoms with Crippen molar-refractivity contribution in [2.24, 2.45) is 0 Å². The van der Waals surface area contributed by atoms with Crippen molar-refractivity contribution in [2.45, 2.75) is 27.7 Å². The fraction of sp³-hybridized carbons (Fsp3) is 0.100. The van der Waals surface area contributed by atoms with E-state index in [1.807, 2.05) is 24.3 Å². The van der Waals surface area contributed by atoms with Gasteiger partial charge < -0.3 is 20.0 Å². The molecule has 0 radical (unpaired) electrons. The second-order valence-corrected chi connectivity index (χ2v) is 11.4. The SMILES string of the molecule is Cc1ccc(N(c2ccc(C)cc2)c2ccc(O)c(-c3cc(N(c4ccc(C)cc4)c4ccc(C)cc4)ccc3O)c2)cc1. The summed E-state index contributed by atoms with van der Waals surface area (Å²) in [6.07, 6.45) is 0. The van der Waals surface area contributed by atoms with Crippen LogP contribution in [0.2, 0.25) is 0 Å². The highest BCUT2D eigenvalue weighted by Crippen LogP contribution is 2.45. The van der Waals surface area contributed by atoms with Crippen molar-refractivity contribution in [2.75, 3.05) is 9.80 Å². The van der Waals surface area contributed by atoms with Gasteiger partial charge in [-0.15, -0.1) is 0 Å². The van der Waals surface area contributed by atoms with Gasteiger partial charge in [0.15, 0.2) is 0 Å². The molecule has 0 saturated carbocycles. The number of anilines is 6. The standard InChI is InChI=1S/C40H36N2O2/c1-27-5-13-31(14-6-27)41(32-15-7-28(2)8-16-32)35-21-23-39(43)37(25-35)38-26-36(22-24-40(38)44)42(33-17-9-29(3)10-18-33)34-19-11-30(4)12-20-34/h5-26,43-44H,1-4H3. The van der Waals surface area contributed by atoms with Crippen molar-refractivity contribution < 1.29 is 10.2 Å². The number of phenolic OH excluding ortho intramolecular Hbond substituents is 2. The normalized spacial score (nSPS) is 10.9. The Morgan fingerprint density at radius 1 is 0.318 bits per heavy atom. The lowest BCUT2D eigenvalue weighted by atomic mass is 10.00. The van der Waals surface area contributed by atoms with Gasteiger partial charge in [0.05, 0.1) is 0 Å². The number of hydrogen-bond donors (Lipinski definition) is 2. The summed E-state index contributed by atoms with van der Waals surface area (Å²) in [6, 6.07) is 44.6. The van der Waals surface area contributed by atoms with Crippen LogP contribution in [0.3, 0.4) is 0 Å². The fourth-order valence-electron chi connectivity index (χ4n) is 5.43. The predicted molar refractivity (Wildman–Crippen MR) is 184 cm³/mol. The molecule has 0 fully saturated rings. The maximum atomic E-state index is 11.2. The summed E-state index contributed by atoms with van der Waals surface area (Å²) in [6.45, 7) is 8.30. The van der Waals surface area contributed by atoms with Crippen LogP contribution in [-0.2, 0) is 0 Å². The topological polar surface area (TPSA) is 46.9 Å². The number of hydrogen-bond acceptors (Lipinski definition) is 4. The van der Waals surface area contributed by atoms with Crippen LogP contribution in [0.5, 0.6) is 11.5 Å². The molecule has 4 heteroatoms. The quantitative estimate of drug-likeness (QED) is 0.198. The number of benzene rings is 6. The Morgan fingerprint density at radius 2 is 0.545 bits per heavy atom. The first-order chi connectivity index (χ1) is 21.3. The minimum atomic E-state index is 0.0891. The number of rotatable bonds is 7. The predicted octanol–water partition coefficient (Wildman–Crippen LogP) is 10.9. The lowest BCUT2D eigenvalue weighted by Crippen LogP contribution is -2.10. The summed E-state index contributed by atoms with van der Waals surface area (Å²) >= 11 is 0. The van der Waals surface area contributed by atoms with Crippen LogP contribution >= 0.6 is 0 Å². The van der Waals surface area contributed by atoms with E-state index in [1.54, 1.807) is 12.1 Å². The molecule has 0 aliphatic heterocycles. The maximum Gasteiger partial charge on any atom is 0.123 e. The maximum absolute atomic E-state index is 11.2. The highest BCUT2D eigenvalue weighted by atomic mass is 16.3. The molecule has 4 nitrogen and oxygen atoms in total. The lowest BCUT2D eigenvalue weighted by molar-refractivity contribution is 0.469. The van der Waals surface area contributed by atoms with Gasteiger partial charge in [0.1, 0.15) is 11.5 Å². The van der Waals surface area contributed by atoms with Gasteiger partial charge in [-0.05, 0) is 113 Å². The van der Waals surface area contributed by atoms with E-state index in [9.17, 15) is 10.2 Å². The van der Waals surface area contributed by atoms with Gasteiger partial charge in [-0.2, -0.15) is 0 Å². The van der Waals surface area contributed by atoms with Crippen LogP contribution in [0.15, 0.2) is 133 Å². The van der Waals surface area contributed by atoms with E-state index in [2.05, 4.69) is 135 Å². The monoisotopic (exact) mass is 576 g/mol. The molecule has 0 bridgehead atoms. The molecule has 6 aromatic rings. The number of aryl methyl sites for hydroxylation is 4. The zero-order valence-electron chi connectivity index (χ0n) is 25.5. The summed E-state index contributed by atoms with van der Waals surface area (Å²) in [5.41, 5.74) is 11.5. The van der Waals surface area contributed by atoms with Crippen LogP contribution in [-0.4, -0.2) is 10.2 Å². The van der Waals surface area contributed by atoms with Gasteiger partial charge >= 0.3 is 0 Å². The Hall–Kier alpha value is -5.48. The number of aromatic hydroxyl groups is 2. The second-order valence-electron chi connectivity index (χ2n) is 11.4. The van der Waals surface area contributed by atoms with E-state index in [0.717, 1.165) is 34.1 Å². The third-order valence-corrected chi connectivity index (χ3v) is 7.94. The molecule has 0 aromatic heterocycles. The third kappa shape index (κ3) is 5.88. The summed E-state index contributed by atoms with van der Waals surface area (Å²) in [5.74, 6) is 0.178. The van der Waals surface area contributed by atoms with Gasteiger partial charge in [-0.1, -0.05) is 70.8 Å². The molecule has 0 amide bonds. The summed E-state index contributed by atoms with van der Waals surface area (Å²) in [7, 11) is 0. The minimum Gasteiger partial charge on any atom is -0.507 e. The van der Waals surface area contributed by atoms with Gasteiger partial charge in [0.25, 0.3) is 0 Å². The number of nitrogens with zero attached hydrogens (tertiary/aromatic N) is 2. The molecule has 0 unspecified atom stereocenters. The Kier molecular flexibility index (Phi) is 7.82. The Morgan fingerprint density at radius 3 is 0.795 bits per heavy atom. The van der Waals surface area contributed by atoms with E-state index in [0.29, 0.717) is 11.1 Å². The molecular weight excluding hydrogens is 540 g/mol. The van der Waals surface area contributed by atoms with Crippen LogP contribution < -0.4 is 9.80 Å². The molecule has 2 N–H and O–H groups in total. The highest BCUT2D eigenvalue weighted by Gasteiger charge is 2.19. The van der Waals surface area contributed by atoms with Gasteiger partial charge in [0.2, 0.25) is 0 Å². The first-order valence-corrected chi connectivity index (χ1v) is 14.8. The average Bonchev–Trinajstić information content (AvgIpc) is 3.03. The largest absolute Gasteiger partial charge is 0.507 e. The van der Waals surface area contributed by atoms with E-state index in [4.69, 9.17) is 0 Å². The molecule has 6 rings (SSSR count). The van der Waals surface area contributed by atoms with Crippen molar-refractivity contribution in [3.63, 3.8) is 0 Å². The number of phenols is 2. The van der Waals surface area contributed by atoms with Crippen LogP contribution in [0, 0.1) is 27.7 Å². The van der Waals surface area contributed by atoms with Gasteiger partial charge in [0, 0.05) is 45.3 Å². The molecule has 0 saturated heterocycles. The molecule has 0 aliphatic rings. The zero-order chi connectivity index (χ0) is 30.8. The summed E-state index contributed by atoms with van der Waals surface area (Å²) in [5, 5.41) is 22.4. The van der Waals surface area contributed by atoms with Crippen molar-refractivity contribution in [1.29, 1.82) is 0 Å². The smallest absolute Gasteiger partial charge is 0.123 e. The average molecular weight is 577 g/mol. The molecule has 0 atom stereocenters. The highest BCUT2D eigenvalue weighted by molar-refractivity contribution is 5.87. The molecular formula is C40H36N2O2. The minimum absolute atomic E-state index is 0.0891. The fourth-order valence-corrected chi connectivity index (χ4v) is 5.43. The van der Waals surface area contributed by atoms with Gasteiger partial charge in [-0.25, -0.2) is 0 Å². The van der Waals surface area contributed by atoms with Gasteiger partial charge in [-0.3, -0.25) is 0 Å². The Balaban J connectivity index is 1.49. The van der Waals surface area contributed by atoms with Crippen molar-refractivity contribution >= 4 is 34.1 Å². The molecule has 6 aromatic carbocycles. The summed E-state index contributed by atoms with van der Waals surface area (Å²) in [4.78, 5) is 4.32. The van der Waals surface area contributed by atoms with E-state index >= 15 is 0 Å². The van der Waals surface area contributed by atoms with Crippen LogP contribution in [0.1, 0.15) is 22.3 Å². The van der Waals surface area contributed by atoms with Crippen molar-refractivity contribution in [3.05, 3.63) is 156 Å². The molecule has 0 heterocycles. The van der Waals surface area contributed by atoms with Crippen molar-refractivity contribution in [1.82, 2.24) is 0 Å². The van der Waals surface area contributed by atoms with Crippen LogP contribution in [0.4, 0.5) is 34.1 Å². The van der Waals surface area contributed by atoms with Crippen molar-refractivity contribution in [3.8, 4) is 22.6 Å². The molecule has 44 heavy (non-hydrogen) atoms.